The Hall–Kier alpha value is -2.44. The smallest absolute Gasteiger partial charge is 0.341 e. The van der Waals surface area contributed by atoms with Crippen LogP contribution in [-0.2, 0) is 4.79 Å². The Morgan fingerprint density at radius 2 is 1.96 bits per heavy atom. The van der Waals surface area contributed by atoms with Crippen LogP contribution in [0.2, 0.25) is 10.0 Å². The molecule has 0 fully saturated rings. The van der Waals surface area contributed by atoms with Crippen molar-refractivity contribution < 1.29 is 24.2 Å². The minimum atomic E-state index is -1.18. The van der Waals surface area contributed by atoms with Gasteiger partial charge in [0.15, 0.2) is 12.2 Å². The standard InChI is InChI=1S/C15H8Cl2O6/c16-6-1-8-14(21)13-10(18)3-7(22-5-12(19)20)4-11(13)23-15(8)9(17)2-6/h1-4,18H,5H2,(H,19,20). The van der Waals surface area contributed by atoms with Crippen molar-refractivity contribution in [3.8, 4) is 11.5 Å². The minimum absolute atomic E-state index is 0.0205. The molecule has 0 radical (unpaired) electrons. The number of halogens is 2. The molecule has 0 aliphatic carbocycles. The normalized spacial score (nSPS) is 11.0. The van der Waals surface area contributed by atoms with Gasteiger partial charge in [-0.15, -0.1) is 0 Å². The highest BCUT2D eigenvalue weighted by molar-refractivity contribution is 6.38. The van der Waals surface area contributed by atoms with Gasteiger partial charge in [-0.3, -0.25) is 4.79 Å². The van der Waals surface area contributed by atoms with Gasteiger partial charge in [-0.2, -0.15) is 0 Å². The van der Waals surface area contributed by atoms with E-state index in [1.54, 1.807) is 0 Å². The summed E-state index contributed by atoms with van der Waals surface area (Å²) in [6.45, 7) is -0.598. The summed E-state index contributed by atoms with van der Waals surface area (Å²) in [7, 11) is 0. The summed E-state index contributed by atoms with van der Waals surface area (Å²) < 4.78 is 10.5. The zero-order valence-corrected chi connectivity index (χ0v) is 12.8. The number of ether oxygens (including phenoxy) is 1. The van der Waals surface area contributed by atoms with Gasteiger partial charge in [0.1, 0.15) is 22.5 Å². The molecule has 0 spiro atoms. The van der Waals surface area contributed by atoms with E-state index >= 15 is 0 Å². The molecule has 3 rings (SSSR count). The third-order valence-corrected chi connectivity index (χ3v) is 3.61. The van der Waals surface area contributed by atoms with E-state index < -0.39 is 23.8 Å². The van der Waals surface area contributed by atoms with Crippen molar-refractivity contribution in [2.45, 2.75) is 0 Å². The van der Waals surface area contributed by atoms with Crippen LogP contribution in [0.25, 0.3) is 21.9 Å². The van der Waals surface area contributed by atoms with E-state index in [0.717, 1.165) is 6.07 Å². The number of fused-ring (bicyclic) bond motifs is 2. The van der Waals surface area contributed by atoms with Gasteiger partial charge in [-0.05, 0) is 12.1 Å². The summed E-state index contributed by atoms with van der Waals surface area (Å²) in [4.78, 5) is 23.1. The number of aliphatic carboxylic acids is 1. The zero-order valence-electron chi connectivity index (χ0n) is 11.3. The van der Waals surface area contributed by atoms with Crippen LogP contribution in [0.4, 0.5) is 0 Å². The highest BCUT2D eigenvalue weighted by Gasteiger charge is 2.16. The average Bonchev–Trinajstić information content (AvgIpc) is 2.46. The van der Waals surface area contributed by atoms with Crippen molar-refractivity contribution in [1.29, 1.82) is 0 Å². The van der Waals surface area contributed by atoms with Gasteiger partial charge < -0.3 is 19.4 Å². The lowest BCUT2D eigenvalue weighted by molar-refractivity contribution is -0.139. The first-order chi connectivity index (χ1) is 10.9. The highest BCUT2D eigenvalue weighted by atomic mass is 35.5. The molecule has 8 heteroatoms. The minimum Gasteiger partial charge on any atom is -0.507 e. The molecule has 118 valence electrons. The first-order valence-corrected chi connectivity index (χ1v) is 7.05. The number of carboxylic acid groups (broad SMARTS) is 1. The molecule has 0 aliphatic heterocycles. The number of carbonyl (C=O) groups is 1. The van der Waals surface area contributed by atoms with E-state index in [4.69, 9.17) is 37.5 Å². The van der Waals surface area contributed by atoms with Crippen LogP contribution in [0.5, 0.6) is 11.5 Å². The Bertz CT molecular complexity index is 1010. The summed E-state index contributed by atoms with van der Waals surface area (Å²) in [5.41, 5.74) is -0.372. The van der Waals surface area contributed by atoms with Gasteiger partial charge in [0, 0.05) is 17.2 Å². The Morgan fingerprint density at radius 3 is 2.65 bits per heavy atom. The average molecular weight is 355 g/mol. The maximum Gasteiger partial charge on any atom is 0.341 e. The molecule has 1 aromatic heterocycles. The van der Waals surface area contributed by atoms with Gasteiger partial charge >= 0.3 is 5.97 Å². The van der Waals surface area contributed by atoms with Gasteiger partial charge in [0.25, 0.3) is 0 Å². The second-order valence-corrected chi connectivity index (χ2v) is 5.54. The first-order valence-electron chi connectivity index (χ1n) is 6.30. The molecule has 6 nitrogen and oxygen atoms in total. The van der Waals surface area contributed by atoms with Crippen LogP contribution in [0, 0.1) is 0 Å². The summed E-state index contributed by atoms with van der Waals surface area (Å²) in [5.74, 6) is -1.53. The number of benzene rings is 2. The molecule has 0 saturated heterocycles. The fourth-order valence-corrected chi connectivity index (χ4v) is 2.72. The number of hydrogen-bond acceptors (Lipinski definition) is 5. The third kappa shape index (κ3) is 2.78. The van der Waals surface area contributed by atoms with Gasteiger partial charge in [0.05, 0.1) is 10.4 Å². The van der Waals surface area contributed by atoms with Crippen molar-refractivity contribution in [2.24, 2.45) is 0 Å². The number of rotatable bonds is 3. The monoisotopic (exact) mass is 354 g/mol. The Morgan fingerprint density at radius 1 is 1.22 bits per heavy atom. The predicted octanol–water partition coefficient (Wildman–Crippen LogP) is 3.42. The first kappa shape index (κ1) is 15.5. The van der Waals surface area contributed by atoms with Crippen molar-refractivity contribution in [1.82, 2.24) is 0 Å². The van der Waals surface area contributed by atoms with E-state index in [0.29, 0.717) is 0 Å². The second-order valence-electron chi connectivity index (χ2n) is 4.69. The predicted molar refractivity (Wildman–Crippen MR) is 84.8 cm³/mol. The molecular formula is C15H8Cl2O6. The molecule has 0 aliphatic rings. The van der Waals surface area contributed by atoms with Crippen LogP contribution >= 0.6 is 23.2 Å². The Balaban J connectivity index is 2.31. The Kier molecular flexibility index (Phi) is 3.79. The third-order valence-electron chi connectivity index (χ3n) is 3.11. The van der Waals surface area contributed by atoms with Crippen LogP contribution in [0.1, 0.15) is 0 Å². The lowest BCUT2D eigenvalue weighted by atomic mass is 10.1. The lowest BCUT2D eigenvalue weighted by Gasteiger charge is -2.08. The molecular weight excluding hydrogens is 347 g/mol. The number of carboxylic acids is 1. The second kappa shape index (κ2) is 5.64. The fourth-order valence-electron chi connectivity index (χ4n) is 2.19. The van der Waals surface area contributed by atoms with Gasteiger partial charge in [-0.1, -0.05) is 23.2 Å². The van der Waals surface area contributed by atoms with Gasteiger partial charge in [0.2, 0.25) is 5.43 Å². The van der Waals surface area contributed by atoms with E-state index in [1.807, 2.05) is 0 Å². The topological polar surface area (TPSA) is 97.0 Å². The van der Waals surface area contributed by atoms with E-state index in [-0.39, 0.29) is 37.7 Å². The molecule has 2 N–H and O–H groups in total. The quantitative estimate of drug-likeness (QED) is 0.699. The molecule has 0 saturated carbocycles. The highest BCUT2D eigenvalue weighted by Crippen LogP contribution is 2.33. The van der Waals surface area contributed by atoms with Gasteiger partial charge in [-0.25, -0.2) is 4.79 Å². The van der Waals surface area contributed by atoms with E-state index in [2.05, 4.69) is 0 Å². The summed E-state index contributed by atoms with van der Waals surface area (Å²) >= 11 is 11.9. The SMILES string of the molecule is O=C(O)COc1cc(O)c2c(=O)c3cc(Cl)cc(Cl)c3oc2c1. The molecule has 3 aromatic rings. The van der Waals surface area contributed by atoms with E-state index in [1.165, 1.54) is 18.2 Å². The van der Waals surface area contributed by atoms with Crippen LogP contribution < -0.4 is 10.2 Å². The van der Waals surface area contributed by atoms with E-state index in [9.17, 15) is 14.7 Å². The number of hydrogen-bond donors (Lipinski definition) is 2. The maximum atomic E-state index is 12.5. The van der Waals surface area contributed by atoms with Crippen molar-refractivity contribution in [3.63, 3.8) is 0 Å². The summed E-state index contributed by atoms with van der Waals surface area (Å²) in [6, 6.07) is 5.26. The lowest BCUT2D eigenvalue weighted by Crippen LogP contribution is -2.09. The molecule has 23 heavy (non-hydrogen) atoms. The molecule has 1 heterocycles. The van der Waals surface area contributed by atoms with Crippen LogP contribution in [-0.4, -0.2) is 22.8 Å². The van der Waals surface area contributed by atoms with Crippen molar-refractivity contribution >= 4 is 51.1 Å². The number of aromatic hydroxyl groups is 1. The molecule has 0 amide bonds. The molecule has 0 unspecified atom stereocenters. The number of phenols is 1. The summed E-state index contributed by atoms with van der Waals surface area (Å²) in [6.07, 6.45) is 0. The number of phenolic OH excluding ortho intramolecular Hbond substituents is 1. The Labute approximate surface area is 138 Å². The van der Waals surface area contributed by atoms with Crippen molar-refractivity contribution in [2.75, 3.05) is 6.61 Å². The molecule has 0 atom stereocenters. The molecule has 2 aromatic carbocycles. The fraction of sp³-hybridized carbons (Fsp3) is 0.0667. The summed E-state index contributed by atoms with van der Waals surface area (Å²) in [5, 5.41) is 19.1. The van der Waals surface area contributed by atoms with Crippen LogP contribution in [0.15, 0.2) is 33.5 Å². The van der Waals surface area contributed by atoms with Crippen LogP contribution in [0.3, 0.4) is 0 Å². The molecule has 0 bridgehead atoms. The van der Waals surface area contributed by atoms with Crippen molar-refractivity contribution in [3.05, 3.63) is 44.5 Å². The zero-order chi connectivity index (χ0) is 16.7. The maximum absolute atomic E-state index is 12.5. The largest absolute Gasteiger partial charge is 0.507 e.